The minimum Gasteiger partial charge on any atom is -0.379 e. The van der Waals surface area contributed by atoms with Crippen molar-refractivity contribution in [3.05, 3.63) is 78.1 Å². The molecule has 7 heteroatoms. The Hall–Kier alpha value is -3.03. The number of aromatic nitrogens is 2. The molecule has 1 saturated heterocycles. The Morgan fingerprint density at radius 3 is 2.79 bits per heavy atom. The minimum absolute atomic E-state index is 0.265. The highest BCUT2D eigenvalue weighted by atomic mass is 19.1. The Balaban J connectivity index is 1.45. The van der Waals surface area contributed by atoms with Crippen LogP contribution < -0.4 is 5.32 Å². The predicted molar refractivity (Wildman–Crippen MR) is 104 cm³/mol. The zero-order valence-electron chi connectivity index (χ0n) is 15.3. The number of carbonyl (C=O) groups is 1. The first-order valence-electron chi connectivity index (χ1n) is 9.17. The molecule has 0 saturated carbocycles. The van der Waals surface area contributed by atoms with E-state index in [4.69, 9.17) is 4.74 Å². The summed E-state index contributed by atoms with van der Waals surface area (Å²) >= 11 is 0. The molecular weight excluding hydrogens is 359 g/mol. The first-order valence-corrected chi connectivity index (χ1v) is 9.17. The number of morpholine rings is 1. The Bertz CT molecular complexity index is 953. The normalized spacial score (nSPS) is 14.8. The average molecular weight is 380 g/mol. The van der Waals surface area contributed by atoms with Gasteiger partial charge in [0.1, 0.15) is 5.82 Å². The van der Waals surface area contributed by atoms with Gasteiger partial charge in [0, 0.05) is 43.3 Å². The molecule has 4 rings (SSSR count). The van der Waals surface area contributed by atoms with Gasteiger partial charge in [-0.25, -0.2) is 9.37 Å². The topological polar surface area (TPSA) is 59.4 Å². The summed E-state index contributed by atoms with van der Waals surface area (Å²) in [7, 11) is 0. The second kappa shape index (κ2) is 8.33. The predicted octanol–water partition coefficient (Wildman–Crippen LogP) is 3.10. The van der Waals surface area contributed by atoms with Crippen LogP contribution in [0.25, 0.3) is 5.69 Å². The second-order valence-corrected chi connectivity index (χ2v) is 6.68. The molecule has 0 unspecified atom stereocenters. The molecule has 6 nitrogen and oxygen atoms in total. The van der Waals surface area contributed by atoms with Crippen molar-refractivity contribution in [1.82, 2.24) is 14.5 Å². The number of hydrogen-bond acceptors (Lipinski definition) is 4. The van der Waals surface area contributed by atoms with Gasteiger partial charge in [0.15, 0.2) is 0 Å². The van der Waals surface area contributed by atoms with Crippen LogP contribution in [-0.2, 0) is 11.3 Å². The first-order chi connectivity index (χ1) is 13.7. The van der Waals surface area contributed by atoms with Crippen molar-refractivity contribution >= 4 is 11.6 Å². The molecule has 1 aliphatic heterocycles. The van der Waals surface area contributed by atoms with Gasteiger partial charge in [0.25, 0.3) is 5.91 Å². The zero-order chi connectivity index (χ0) is 19.3. The van der Waals surface area contributed by atoms with E-state index in [9.17, 15) is 9.18 Å². The smallest absolute Gasteiger partial charge is 0.255 e. The summed E-state index contributed by atoms with van der Waals surface area (Å²) in [5, 5.41) is 2.76. The van der Waals surface area contributed by atoms with Gasteiger partial charge in [-0.3, -0.25) is 9.69 Å². The first kappa shape index (κ1) is 18.3. The number of benzene rings is 2. The molecule has 0 spiro atoms. The van der Waals surface area contributed by atoms with E-state index in [1.165, 1.54) is 12.4 Å². The van der Waals surface area contributed by atoms with Crippen molar-refractivity contribution in [2.45, 2.75) is 6.54 Å². The fraction of sp³-hybridized carbons (Fsp3) is 0.238. The number of imidazole rings is 1. The SMILES string of the molecule is O=C(Nc1ccc(-n2ccnc2)c(F)c1)c1cccc(CN2CCOCC2)c1. The summed E-state index contributed by atoms with van der Waals surface area (Å²) in [5.74, 6) is -0.699. The van der Waals surface area contributed by atoms with Crippen LogP contribution in [0.3, 0.4) is 0 Å². The number of ether oxygens (including phenoxy) is 1. The standard InChI is InChI=1S/C21H21FN4O2/c22-19-13-18(4-5-20(19)26-7-6-23-15-26)24-21(27)17-3-1-2-16(12-17)14-25-8-10-28-11-9-25/h1-7,12-13,15H,8-11,14H2,(H,24,27). The van der Waals surface area contributed by atoms with Crippen LogP contribution in [0.5, 0.6) is 0 Å². The molecule has 3 aromatic rings. The third kappa shape index (κ3) is 4.27. The Morgan fingerprint density at radius 1 is 1.18 bits per heavy atom. The molecule has 1 amide bonds. The maximum atomic E-state index is 14.4. The monoisotopic (exact) mass is 380 g/mol. The van der Waals surface area contributed by atoms with Crippen molar-refractivity contribution in [1.29, 1.82) is 0 Å². The van der Waals surface area contributed by atoms with Crippen LogP contribution in [0.2, 0.25) is 0 Å². The van der Waals surface area contributed by atoms with Crippen LogP contribution >= 0.6 is 0 Å². The molecule has 1 aliphatic rings. The minimum atomic E-state index is -0.433. The van der Waals surface area contributed by atoms with Gasteiger partial charge in [0.05, 0.1) is 25.2 Å². The number of hydrogen-bond donors (Lipinski definition) is 1. The van der Waals surface area contributed by atoms with E-state index in [1.54, 1.807) is 35.2 Å². The Labute approximate surface area is 162 Å². The van der Waals surface area contributed by atoms with Gasteiger partial charge in [-0.2, -0.15) is 0 Å². The summed E-state index contributed by atoms with van der Waals surface area (Å²) in [6, 6.07) is 12.1. The zero-order valence-corrected chi connectivity index (χ0v) is 15.3. The summed E-state index contributed by atoms with van der Waals surface area (Å²) in [6.45, 7) is 4.03. The van der Waals surface area contributed by atoms with Crippen LogP contribution in [0, 0.1) is 5.82 Å². The van der Waals surface area contributed by atoms with Crippen molar-refractivity contribution in [3.63, 3.8) is 0 Å². The quantitative estimate of drug-likeness (QED) is 0.739. The lowest BCUT2D eigenvalue weighted by atomic mass is 10.1. The lowest BCUT2D eigenvalue weighted by molar-refractivity contribution is 0.0342. The summed E-state index contributed by atoms with van der Waals surface area (Å²) < 4.78 is 21.3. The van der Waals surface area contributed by atoms with Crippen LogP contribution in [0.1, 0.15) is 15.9 Å². The molecule has 0 radical (unpaired) electrons. The van der Waals surface area contributed by atoms with E-state index in [0.717, 1.165) is 38.4 Å². The maximum Gasteiger partial charge on any atom is 0.255 e. The van der Waals surface area contributed by atoms with Gasteiger partial charge in [-0.1, -0.05) is 12.1 Å². The van der Waals surface area contributed by atoms with Gasteiger partial charge in [-0.15, -0.1) is 0 Å². The molecule has 0 atom stereocenters. The lowest BCUT2D eigenvalue weighted by Crippen LogP contribution is -2.35. The van der Waals surface area contributed by atoms with Crippen LogP contribution in [0.4, 0.5) is 10.1 Å². The highest BCUT2D eigenvalue weighted by Crippen LogP contribution is 2.19. The van der Waals surface area contributed by atoms with E-state index < -0.39 is 5.82 Å². The number of nitrogens with zero attached hydrogens (tertiary/aromatic N) is 3. The third-order valence-corrected chi connectivity index (χ3v) is 4.69. The van der Waals surface area contributed by atoms with E-state index in [0.29, 0.717) is 16.9 Å². The second-order valence-electron chi connectivity index (χ2n) is 6.68. The number of nitrogens with one attached hydrogen (secondary N) is 1. The summed E-state index contributed by atoms with van der Waals surface area (Å²) in [5.41, 5.74) is 2.40. The van der Waals surface area contributed by atoms with Gasteiger partial charge in [0.2, 0.25) is 0 Å². The highest BCUT2D eigenvalue weighted by Gasteiger charge is 2.13. The molecule has 2 heterocycles. The largest absolute Gasteiger partial charge is 0.379 e. The molecule has 1 fully saturated rings. The average Bonchev–Trinajstić information content (AvgIpc) is 3.23. The highest BCUT2D eigenvalue weighted by molar-refractivity contribution is 6.04. The van der Waals surface area contributed by atoms with Crippen molar-refractivity contribution in [2.75, 3.05) is 31.6 Å². The molecule has 0 bridgehead atoms. The molecule has 1 N–H and O–H groups in total. The van der Waals surface area contributed by atoms with Crippen LogP contribution in [0.15, 0.2) is 61.2 Å². The fourth-order valence-corrected chi connectivity index (χ4v) is 3.23. The van der Waals surface area contributed by atoms with Gasteiger partial charge >= 0.3 is 0 Å². The van der Waals surface area contributed by atoms with Gasteiger partial charge in [-0.05, 0) is 35.9 Å². The number of rotatable bonds is 5. The number of carbonyl (C=O) groups excluding carboxylic acids is 1. The van der Waals surface area contributed by atoms with Gasteiger partial charge < -0.3 is 14.6 Å². The molecule has 2 aromatic carbocycles. The molecule has 144 valence electrons. The molecular formula is C21H21FN4O2. The van der Waals surface area contributed by atoms with E-state index in [2.05, 4.69) is 15.2 Å². The summed E-state index contributed by atoms with van der Waals surface area (Å²) in [6.07, 6.45) is 4.77. The lowest BCUT2D eigenvalue weighted by Gasteiger charge is -2.26. The van der Waals surface area contributed by atoms with E-state index in [-0.39, 0.29) is 5.91 Å². The number of halogens is 1. The third-order valence-electron chi connectivity index (χ3n) is 4.69. The van der Waals surface area contributed by atoms with Crippen molar-refractivity contribution < 1.29 is 13.9 Å². The number of amides is 1. The van der Waals surface area contributed by atoms with Crippen molar-refractivity contribution in [2.24, 2.45) is 0 Å². The van der Waals surface area contributed by atoms with E-state index >= 15 is 0 Å². The Kier molecular flexibility index (Phi) is 5.45. The fourth-order valence-electron chi connectivity index (χ4n) is 3.23. The van der Waals surface area contributed by atoms with Crippen molar-refractivity contribution in [3.8, 4) is 5.69 Å². The van der Waals surface area contributed by atoms with E-state index in [1.807, 2.05) is 18.2 Å². The molecule has 1 aromatic heterocycles. The molecule has 0 aliphatic carbocycles. The maximum absolute atomic E-state index is 14.4. The summed E-state index contributed by atoms with van der Waals surface area (Å²) in [4.78, 5) is 18.8. The Morgan fingerprint density at radius 2 is 2.04 bits per heavy atom. The number of anilines is 1. The van der Waals surface area contributed by atoms with Crippen LogP contribution in [-0.4, -0.2) is 46.7 Å². The molecule has 28 heavy (non-hydrogen) atoms.